The van der Waals surface area contributed by atoms with Crippen LogP contribution in [0.3, 0.4) is 0 Å². The maximum Gasteiger partial charge on any atom is 0.0907 e. The average molecular weight is 205 g/mol. The fraction of sp³-hybridized carbons (Fsp3) is 0.364. The van der Waals surface area contributed by atoms with Gasteiger partial charge in [0.15, 0.2) is 0 Å². The molecule has 1 aliphatic carbocycles. The fourth-order valence-electron chi connectivity index (χ4n) is 1.74. The van der Waals surface area contributed by atoms with Crippen molar-refractivity contribution in [2.24, 2.45) is 0 Å². The molecule has 0 atom stereocenters. The van der Waals surface area contributed by atoms with E-state index in [-0.39, 0.29) is 0 Å². The summed E-state index contributed by atoms with van der Waals surface area (Å²) in [4.78, 5) is 4.42. The summed E-state index contributed by atoms with van der Waals surface area (Å²) in [6, 6.07) is 6.10. The number of aliphatic hydroxyl groups is 1. The molecule has 0 spiro atoms. The van der Waals surface area contributed by atoms with Crippen LogP contribution in [0.5, 0.6) is 0 Å². The normalized spacial score (nSPS) is 18.7. The van der Waals surface area contributed by atoms with E-state index in [0.29, 0.717) is 0 Å². The van der Waals surface area contributed by atoms with Crippen molar-refractivity contribution in [2.75, 3.05) is 0 Å². The third-order valence-corrected chi connectivity index (χ3v) is 3.71. The summed E-state index contributed by atoms with van der Waals surface area (Å²) in [7, 11) is 0. The molecule has 0 aliphatic heterocycles. The zero-order chi connectivity index (χ0) is 9.76. The zero-order valence-electron chi connectivity index (χ0n) is 7.95. The van der Waals surface area contributed by atoms with E-state index >= 15 is 0 Å². The van der Waals surface area contributed by atoms with E-state index < -0.39 is 5.60 Å². The highest BCUT2D eigenvalue weighted by Gasteiger charge is 2.42. The molecular weight excluding hydrogens is 194 g/mol. The maximum atomic E-state index is 9.94. The van der Waals surface area contributed by atoms with Crippen molar-refractivity contribution < 1.29 is 5.11 Å². The lowest BCUT2D eigenvalue weighted by Crippen LogP contribution is -2.03. The van der Waals surface area contributed by atoms with Crippen LogP contribution in [0.4, 0.5) is 0 Å². The minimum Gasteiger partial charge on any atom is -0.385 e. The van der Waals surface area contributed by atoms with Gasteiger partial charge in [0.05, 0.1) is 20.8 Å². The largest absolute Gasteiger partial charge is 0.385 e. The fourth-order valence-corrected chi connectivity index (χ4v) is 2.55. The van der Waals surface area contributed by atoms with Gasteiger partial charge in [-0.3, -0.25) is 0 Å². The second-order valence-electron chi connectivity index (χ2n) is 3.95. The number of benzene rings is 1. The average Bonchev–Trinajstić information content (AvgIpc) is 2.79. The molecule has 1 saturated carbocycles. The Morgan fingerprint density at radius 1 is 1.43 bits per heavy atom. The summed E-state index contributed by atoms with van der Waals surface area (Å²) in [5.41, 5.74) is 1.51. The highest BCUT2D eigenvalue weighted by Crippen LogP contribution is 2.45. The summed E-state index contributed by atoms with van der Waals surface area (Å²) in [5, 5.41) is 11.0. The Morgan fingerprint density at radius 2 is 2.21 bits per heavy atom. The standard InChI is InChI=1S/C11H11NOS/c1-7-12-9-6-8(11(13)4-5-11)2-3-10(9)14-7/h2-3,6,13H,4-5H2,1H3. The molecular formula is C11H11NOS. The molecule has 0 unspecified atom stereocenters. The minimum absolute atomic E-state index is 0.536. The van der Waals surface area contributed by atoms with Crippen LogP contribution in [0.1, 0.15) is 23.4 Å². The van der Waals surface area contributed by atoms with Gasteiger partial charge < -0.3 is 5.11 Å². The van der Waals surface area contributed by atoms with Crippen molar-refractivity contribution in [3.8, 4) is 0 Å². The molecule has 1 N–H and O–H groups in total. The number of aromatic nitrogens is 1. The molecule has 14 heavy (non-hydrogen) atoms. The van der Waals surface area contributed by atoms with E-state index in [0.717, 1.165) is 28.9 Å². The van der Waals surface area contributed by atoms with Crippen molar-refractivity contribution in [3.63, 3.8) is 0 Å². The van der Waals surface area contributed by atoms with E-state index in [1.54, 1.807) is 11.3 Å². The van der Waals surface area contributed by atoms with Crippen LogP contribution < -0.4 is 0 Å². The summed E-state index contributed by atoms with van der Waals surface area (Å²) in [5.74, 6) is 0. The number of rotatable bonds is 1. The molecule has 1 heterocycles. The first-order chi connectivity index (χ1) is 6.67. The van der Waals surface area contributed by atoms with Crippen molar-refractivity contribution in [1.82, 2.24) is 4.98 Å². The van der Waals surface area contributed by atoms with Gasteiger partial charge in [-0.15, -0.1) is 11.3 Å². The molecule has 0 amide bonds. The Hall–Kier alpha value is -0.930. The van der Waals surface area contributed by atoms with E-state index in [2.05, 4.69) is 11.1 Å². The Kier molecular flexibility index (Phi) is 1.53. The van der Waals surface area contributed by atoms with Crippen LogP contribution in [-0.4, -0.2) is 10.1 Å². The molecule has 3 heteroatoms. The van der Waals surface area contributed by atoms with Gasteiger partial charge in [0.2, 0.25) is 0 Å². The number of aryl methyl sites for hydroxylation is 1. The van der Waals surface area contributed by atoms with Crippen molar-refractivity contribution >= 4 is 21.6 Å². The zero-order valence-corrected chi connectivity index (χ0v) is 8.77. The second kappa shape index (κ2) is 2.55. The Bertz CT molecular complexity index is 499. The molecule has 0 bridgehead atoms. The first-order valence-electron chi connectivity index (χ1n) is 4.77. The predicted octanol–water partition coefficient (Wildman–Crippen LogP) is 2.59. The number of hydrogen-bond donors (Lipinski definition) is 1. The lowest BCUT2D eigenvalue weighted by atomic mass is 10.1. The summed E-state index contributed by atoms with van der Waals surface area (Å²) < 4.78 is 1.20. The quantitative estimate of drug-likeness (QED) is 0.776. The van der Waals surface area contributed by atoms with Crippen LogP contribution in [0.2, 0.25) is 0 Å². The molecule has 3 rings (SSSR count). The summed E-state index contributed by atoms with van der Waals surface area (Å²) in [6.45, 7) is 2.01. The Labute approximate surface area is 86.2 Å². The molecule has 0 saturated heterocycles. The molecule has 1 aromatic heterocycles. The topological polar surface area (TPSA) is 33.1 Å². The van der Waals surface area contributed by atoms with Gasteiger partial charge in [-0.05, 0) is 37.5 Å². The minimum atomic E-state index is -0.536. The van der Waals surface area contributed by atoms with Gasteiger partial charge in [-0.25, -0.2) is 4.98 Å². The molecule has 1 aliphatic rings. The number of fused-ring (bicyclic) bond motifs is 1. The SMILES string of the molecule is Cc1nc2cc(C3(O)CC3)ccc2s1. The highest BCUT2D eigenvalue weighted by atomic mass is 32.1. The molecule has 1 aromatic carbocycles. The van der Waals surface area contributed by atoms with E-state index in [4.69, 9.17) is 0 Å². The molecule has 2 aromatic rings. The molecule has 72 valence electrons. The Balaban J connectivity index is 2.19. The van der Waals surface area contributed by atoms with Gasteiger partial charge in [0, 0.05) is 0 Å². The van der Waals surface area contributed by atoms with Gasteiger partial charge in [0.1, 0.15) is 0 Å². The molecule has 0 radical (unpaired) electrons. The van der Waals surface area contributed by atoms with Crippen molar-refractivity contribution in [2.45, 2.75) is 25.4 Å². The molecule has 2 nitrogen and oxygen atoms in total. The van der Waals surface area contributed by atoms with Crippen LogP contribution in [0.25, 0.3) is 10.2 Å². The predicted molar refractivity (Wildman–Crippen MR) is 57.5 cm³/mol. The highest BCUT2D eigenvalue weighted by molar-refractivity contribution is 7.18. The van der Waals surface area contributed by atoms with Gasteiger partial charge in [-0.1, -0.05) is 6.07 Å². The monoisotopic (exact) mass is 205 g/mol. The van der Waals surface area contributed by atoms with Gasteiger partial charge >= 0.3 is 0 Å². The lowest BCUT2D eigenvalue weighted by molar-refractivity contribution is 0.151. The van der Waals surface area contributed by atoms with Crippen LogP contribution in [0, 0.1) is 6.92 Å². The second-order valence-corrected chi connectivity index (χ2v) is 5.18. The van der Waals surface area contributed by atoms with Crippen molar-refractivity contribution in [3.05, 3.63) is 28.8 Å². The smallest absolute Gasteiger partial charge is 0.0907 e. The number of hydrogen-bond acceptors (Lipinski definition) is 3. The van der Waals surface area contributed by atoms with E-state index in [1.807, 2.05) is 19.1 Å². The van der Waals surface area contributed by atoms with Gasteiger partial charge in [-0.2, -0.15) is 0 Å². The van der Waals surface area contributed by atoms with Crippen LogP contribution in [0.15, 0.2) is 18.2 Å². The van der Waals surface area contributed by atoms with Crippen LogP contribution in [-0.2, 0) is 5.60 Å². The third kappa shape index (κ3) is 1.16. The summed E-state index contributed by atoms with van der Waals surface area (Å²) >= 11 is 1.70. The lowest BCUT2D eigenvalue weighted by Gasteiger charge is -2.06. The first kappa shape index (κ1) is 8.38. The van der Waals surface area contributed by atoms with Crippen LogP contribution >= 0.6 is 11.3 Å². The first-order valence-corrected chi connectivity index (χ1v) is 5.59. The molecule has 1 fully saturated rings. The van der Waals surface area contributed by atoms with Crippen molar-refractivity contribution in [1.29, 1.82) is 0 Å². The van der Waals surface area contributed by atoms with E-state index in [1.165, 1.54) is 4.70 Å². The summed E-state index contributed by atoms with van der Waals surface area (Å²) in [6.07, 6.45) is 1.78. The number of nitrogens with zero attached hydrogens (tertiary/aromatic N) is 1. The third-order valence-electron chi connectivity index (χ3n) is 2.76. The van der Waals surface area contributed by atoms with E-state index in [9.17, 15) is 5.11 Å². The Morgan fingerprint density at radius 3 is 2.93 bits per heavy atom. The van der Waals surface area contributed by atoms with Gasteiger partial charge in [0.25, 0.3) is 0 Å². The maximum absolute atomic E-state index is 9.94. The number of thiazole rings is 1.